The number of hydrogen-bond donors (Lipinski definition) is 0. The Morgan fingerprint density at radius 3 is 2.68 bits per heavy atom. The lowest BCUT2D eigenvalue weighted by atomic mass is 9.96. The van der Waals surface area contributed by atoms with Crippen molar-refractivity contribution in [3.8, 4) is 0 Å². The molecule has 0 aromatic carbocycles. The lowest BCUT2D eigenvalue weighted by molar-refractivity contribution is -0.134. The van der Waals surface area contributed by atoms with E-state index in [0.29, 0.717) is 49.1 Å². The van der Waals surface area contributed by atoms with Gasteiger partial charge in [0.25, 0.3) is 5.56 Å². The average molecular weight is 412 g/mol. The van der Waals surface area contributed by atoms with Gasteiger partial charge in [0.05, 0.1) is 12.7 Å². The van der Waals surface area contributed by atoms with Gasteiger partial charge < -0.3 is 14.4 Å². The predicted molar refractivity (Wildman–Crippen MR) is 98.1 cm³/mol. The second-order valence-electron chi connectivity index (χ2n) is 7.38. The third-order valence-electron chi connectivity index (χ3n) is 5.41. The number of carbonyl (C=O) groups excluding carboxylic acids is 1. The highest BCUT2D eigenvalue weighted by molar-refractivity contribution is 7.15. The SMILES string of the molecule is Cc1cc(=O)n(C)c2c1CN(C(=O)CC1CN(c3ncc(C(F)(F)F)s3)C1)C2. The van der Waals surface area contributed by atoms with Crippen molar-refractivity contribution in [3.63, 3.8) is 0 Å². The maximum atomic E-state index is 12.7. The maximum Gasteiger partial charge on any atom is 0.427 e. The zero-order valence-corrected chi connectivity index (χ0v) is 16.2. The largest absolute Gasteiger partial charge is 0.427 e. The van der Waals surface area contributed by atoms with Crippen LogP contribution in [-0.2, 0) is 31.1 Å². The van der Waals surface area contributed by atoms with Gasteiger partial charge in [-0.25, -0.2) is 4.98 Å². The number of hydrogen-bond acceptors (Lipinski definition) is 5. The molecule has 1 saturated heterocycles. The van der Waals surface area contributed by atoms with Crippen molar-refractivity contribution in [2.45, 2.75) is 32.6 Å². The fourth-order valence-electron chi connectivity index (χ4n) is 3.73. The van der Waals surface area contributed by atoms with Crippen LogP contribution in [-0.4, -0.2) is 33.4 Å². The van der Waals surface area contributed by atoms with E-state index in [2.05, 4.69) is 4.98 Å². The number of alkyl halides is 3. The molecule has 28 heavy (non-hydrogen) atoms. The van der Waals surface area contributed by atoms with E-state index in [1.54, 1.807) is 27.5 Å². The van der Waals surface area contributed by atoms with Gasteiger partial charge in [0.2, 0.25) is 5.91 Å². The normalized spacial score (nSPS) is 17.0. The van der Waals surface area contributed by atoms with E-state index in [4.69, 9.17) is 0 Å². The lowest BCUT2D eigenvalue weighted by Crippen LogP contribution is -2.48. The monoisotopic (exact) mass is 412 g/mol. The van der Waals surface area contributed by atoms with Crippen molar-refractivity contribution < 1.29 is 18.0 Å². The van der Waals surface area contributed by atoms with Gasteiger partial charge in [0, 0.05) is 50.8 Å². The van der Waals surface area contributed by atoms with E-state index in [1.807, 2.05) is 6.92 Å². The molecule has 0 spiro atoms. The molecule has 2 aliphatic heterocycles. The number of rotatable bonds is 3. The highest BCUT2D eigenvalue weighted by Crippen LogP contribution is 2.38. The van der Waals surface area contributed by atoms with Crippen LogP contribution in [0.1, 0.15) is 28.1 Å². The average Bonchev–Trinajstić information content (AvgIpc) is 3.22. The topological polar surface area (TPSA) is 58.4 Å². The summed E-state index contributed by atoms with van der Waals surface area (Å²) in [6.45, 7) is 3.83. The molecule has 0 aliphatic carbocycles. The molecule has 0 radical (unpaired) electrons. The lowest BCUT2D eigenvalue weighted by Gasteiger charge is -2.39. The van der Waals surface area contributed by atoms with Crippen molar-refractivity contribution in [3.05, 3.63) is 44.3 Å². The van der Waals surface area contributed by atoms with Crippen LogP contribution in [0.15, 0.2) is 17.1 Å². The van der Waals surface area contributed by atoms with Crippen LogP contribution >= 0.6 is 11.3 Å². The number of halogens is 3. The second kappa shape index (κ2) is 6.61. The Morgan fingerprint density at radius 2 is 2.04 bits per heavy atom. The van der Waals surface area contributed by atoms with Crippen molar-refractivity contribution >= 4 is 22.4 Å². The van der Waals surface area contributed by atoms with E-state index in [0.717, 1.165) is 23.0 Å². The van der Waals surface area contributed by atoms with E-state index >= 15 is 0 Å². The third kappa shape index (κ3) is 3.30. The molecule has 0 N–H and O–H groups in total. The summed E-state index contributed by atoms with van der Waals surface area (Å²) in [4.78, 5) is 31.2. The minimum absolute atomic E-state index is 0.00261. The molecule has 2 aliphatic rings. The van der Waals surface area contributed by atoms with E-state index in [1.165, 1.54) is 0 Å². The summed E-state index contributed by atoms with van der Waals surface area (Å²) in [5, 5.41) is 0.343. The summed E-state index contributed by atoms with van der Waals surface area (Å²) < 4.78 is 39.6. The molecule has 1 amide bonds. The molecule has 150 valence electrons. The Balaban J connectivity index is 1.34. The molecular formula is C18H19F3N4O2S. The highest BCUT2D eigenvalue weighted by Gasteiger charge is 2.37. The van der Waals surface area contributed by atoms with E-state index in [-0.39, 0.29) is 17.4 Å². The second-order valence-corrected chi connectivity index (χ2v) is 8.39. The Bertz CT molecular complexity index is 992. The number of thiazole rings is 1. The summed E-state index contributed by atoms with van der Waals surface area (Å²) in [7, 11) is 1.71. The maximum absolute atomic E-state index is 12.7. The number of fused-ring (bicyclic) bond motifs is 1. The van der Waals surface area contributed by atoms with Crippen LogP contribution in [0.4, 0.5) is 18.3 Å². The van der Waals surface area contributed by atoms with E-state index in [9.17, 15) is 22.8 Å². The van der Waals surface area contributed by atoms with Crippen molar-refractivity contribution in [1.29, 1.82) is 0 Å². The van der Waals surface area contributed by atoms with Crippen LogP contribution in [0.2, 0.25) is 0 Å². The molecular weight excluding hydrogens is 393 g/mol. The zero-order chi connectivity index (χ0) is 20.2. The summed E-state index contributed by atoms with van der Waals surface area (Å²) >= 11 is 0.628. The van der Waals surface area contributed by atoms with Crippen LogP contribution < -0.4 is 10.5 Å². The molecule has 1 fully saturated rings. The van der Waals surface area contributed by atoms with Crippen LogP contribution in [0.25, 0.3) is 0 Å². The minimum atomic E-state index is -4.38. The fraction of sp³-hybridized carbons (Fsp3) is 0.500. The molecule has 0 unspecified atom stereocenters. The van der Waals surface area contributed by atoms with Crippen LogP contribution in [0, 0.1) is 12.8 Å². The minimum Gasteiger partial charge on any atom is -0.347 e. The Hall–Kier alpha value is -2.36. The van der Waals surface area contributed by atoms with Gasteiger partial charge in [-0.2, -0.15) is 13.2 Å². The number of aryl methyl sites for hydroxylation is 1. The van der Waals surface area contributed by atoms with Gasteiger partial charge in [-0.15, -0.1) is 0 Å². The highest BCUT2D eigenvalue weighted by atomic mass is 32.1. The third-order valence-corrected chi connectivity index (χ3v) is 6.51. The Morgan fingerprint density at radius 1 is 1.32 bits per heavy atom. The first-order valence-corrected chi connectivity index (χ1v) is 9.69. The molecule has 6 nitrogen and oxygen atoms in total. The molecule has 0 saturated carbocycles. The molecule has 0 bridgehead atoms. The predicted octanol–water partition coefficient (Wildman–Crippen LogP) is 2.54. The van der Waals surface area contributed by atoms with Crippen LogP contribution in [0.3, 0.4) is 0 Å². The van der Waals surface area contributed by atoms with Gasteiger partial charge in [0.15, 0.2) is 5.13 Å². The van der Waals surface area contributed by atoms with Crippen LogP contribution in [0.5, 0.6) is 0 Å². The van der Waals surface area contributed by atoms with Gasteiger partial charge in [-0.3, -0.25) is 9.59 Å². The van der Waals surface area contributed by atoms with Crippen molar-refractivity contribution in [2.24, 2.45) is 13.0 Å². The van der Waals surface area contributed by atoms with Gasteiger partial charge in [-0.1, -0.05) is 11.3 Å². The standard InChI is InChI=1S/C18H19F3N4O2S/c1-10-3-15(26)23(2)13-9-24(8-12(10)13)16(27)4-11-6-25(7-11)17-22-5-14(28-17)18(19,20)21/h3,5,11H,4,6-9H2,1-2H3. The van der Waals surface area contributed by atoms with Gasteiger partial charge in [-0.05, 0) is 18.1 Å². The summed E-state index contributed by atoms with van der Waals surface area (Å²) in [6, 6.07) is 1.58. The quantitative estimate of drug-likeness (QED) is 0.778. The Labute approximate surface area is 163 Å². The van der Waals surface area contributed by atoms with Gasteiger partial charge >= 0.3 is 6.18 Å². The zero-order valence-electron chi connectivity index (χ0n) is 15.4. The Kier molecular flexibility index (Phi) is 4.48. The molecule has 2 aromatic heterocycles. The smallest absolute Gasteiger partial charge is 0.347 e. The summed E-state index contributed by atoms with van der Waals surface area (Å²) in [6.07, 6.45) is -3.18. The van der Waals surface area contributed by atoms with Crippen molar-refractivity contribution in [1.82, 2.24) is 14.5 Å². The fourth-order valence-corrected chi connectivity index (χ4v) is 4.53. The molecule has 2 aromatic rings. The summed E-state index contributed by atoms with van der Waals surface area (Å²) in [5.74, 6) is 0.0992. The number of amides is 1. The first kappa shape index (κ1) is 19.0. The summed E-state index contributed by atoms with van der Waals surface area (Å²) in [5.41, 5.74) is 2.71. The first-order chi connectivity index (χ1) is 13.1. The number of carbonyl (C=O) groups is 1. The van der Waals surface area contributed by atoms with Gasteiger partial charge in [0.1, 0.15) is 4.88 Å². The number of nitrogens with zero attached hydrogens (tertiary/aromatic N) is 4. The van der Waals surface area contributed by atoms with E-state index < -0.39 is 11.1 Å². The number of aromatic nitrogens is 2. The molecule has 0 atom stereocenters. The number of pyridine rings is 1. The molecule has 10 heteroatoms. The number of anilines is 1. The molecule has 4 heterocycles. The first-order valence-electron chi connectivity index (χ1n) is 8.87. The van der Waals surface area contributed by atoms with Crippen molar-refractivity contribution in [2.75, 3.05) is 18.0 Å². The molecule has 4 rings (SSSR count).